The number of esters is 1. The second-order valence-electron chi connectivity index (χ2n) is 7.70. The molecule has 1 aliphatic heterocycles. The second-order valence-corrected chi connectivity index (χ2v) is 7.70. The van der Waals surface area contributed by atoms with Gasteiger partial charge in [0, 0.05) is 31.5 Å². The first-order chi connectivity index (χ1) is 15.5. The maximum atomic E-state index is 13.2. The molecule has 0 aromatic carbocycles. The number of ether oxygens (including phenoxy) is 2. The predicted octanol–water partition coefficient (Wildman–Crippen LogP) is 2.62. The van der Waals surface area contributed by atoms with Gasteiger partial charge in [-0.25, -0.2) is 14.8 Å². The number of imidazole rings is 1. The summed E-state index contributed by atoms with van der Waals surface area (Å²) in [5, 5.41) is 3.15. The van der Waals surface area contributed by atoms with Crippen molar-refractivity contribution in [1.82, 2.24) is 19.7 Å². The molecule has 0 aliphatic carbocycles. The Morgan fingerprint density at radius 1 is 1.31 bits per heavy atom. The Morgan fingerprint density at radius 2 is 2.16 bits per heavy atom. The molecule has 3 aromatic heterocycles. The van der Waals surface area contributed by atoms with Crippen molar-refractivity contribution in [3.8, 4) is 5.75 Å². The van der Waals surface area contributed by atoms with Crippen LogP contribution in [0.4, 0.5) is 5.82 Å². The standard InChI is InChI=1S/C23H27N5O4/c1-4-32-18-8-6-12-28-20(15(2)25-21(18)28)22(29)26-17-7-5-11-27(14-17)19-13-16(9-10-24-19)23(30)31-3/h6,8-10,12-13,17H,4-5,7,11,14H2,1-3H3,(H,26,29)/t17-/m0/s1. The van der Waals surface area contributed by atoms with Crippen LogP contribution in [0, 0.1) is 6.92 Å². The van der Waals surface area contributed by atoms with Crippen LogP contribution in [0.3, 0.4) is 0 Å². The number of anilines is 1. The minimum Gasteiger partial charge on any atom is -0.490 e. The number of nitrogens with zero attached hydrogens (tertiary/aromatic N) is 4. The maximum absolute atomic E-state index is 13.2. The summed E-state index contributed by atoms with van der Waals surface area (Å²) in [4.78, 5) is 36.1. The molecule has 0 saturated carbocycles. The largest absolute Gasteiger partial charge is 0.490 e. The fourth-order valence-corrected chi connectivity index (χ4v) is 4.09. The van der Waals surface area contributed by atoms with E-state index in [1.165, 1.54) is 7.11 Å². The lowest BCUT2D eigenvalue weighted by molar-refractivity contribution is 0.0600. The quantitative estimate of drug-likeness (QED) is 0.592. The van der Waals surface area contributed by atoms with Gasteiger partial charge in [0.25, 0.3) is 5.91 Å². The highest BCUT2D eigenvalue weighted by Crippen LogP contribution is 2.23. The Bertz CT molecular complexity index is 1140. The summed E-state index contributed by atoms with van der Waals surface area (Å²) in [6, 6.07) is 6.99. The van der Waals surface area contributed by atoms with E-state index in [0.29, 0.717) is 47.3 Å². The van der Waals surface area contributed by atoms with Crippen LogP contribution in [0.1, 0.15) is 46.3 Å². The molecule has 1 atom stereocenters. The molecule has 0 unspecified atom stereocenters. The topological polar surface area (TPSA) is 98.1 Å². The molecule has 1 aliphatic rings. The minimum atomic E-state index is -0.398. The molecular formula is C23H27N5O4. The molecule has 1 amide bonds. The number of hydrogen-bond acceptors (Lipinski definition) is 7. The summed E-state index contributed by atoms with van der Waals surface area (Å²) >= 11 is 0. The molecule has 168 valence electrons. The Balaban J connectivity index is 1.51. The number of piperidine rings is 1. The number of aromatic nitrogens is 3. The van der Waals surface area contributed by atoms with Crippen molar-refractivity contribution in [3.63, 3.8) is 0 Å². The molecule has 9 nitrogen and oxygen atoms in total. The van der Waals surface area contributed by atoms with Crippen LogP contribution >= 0.6 is 0 Å². The highest BCUT2D eigenvalue weighted by atomic mass is 16.5. The van der Waals surface area contributed by atoms with Gasteiger partial charge >= 0.3 is 5.97 Å². The van der Waals surface area contributed by atoms with E-state index in [0.717, 1.165) is 19.4 Å². The van der Waals surface area contributed by atoms with E-state index in [-0.39, 0.29) is 11.9 Å². The molecule has 4 rings (SSSR count). The molecule has 3 aromatic rings. The van der Waals surface area contributed by atoms with Crippen molar-refractivity contribution in [2.75, 3.05) is 31.7 Å². The van der Waals surface area contributed by atoms with Gasteiger partial charge in [-0.2, -0.15) is 0 Å². The maximum Gasteiger partial charge on any atom is 0.338 e. The molecule has 0 radical (unpaired) electrons. The van der Waals surface area contributed by atoms with Gasteiger partial charge in [-0.05, 0) is 51.0 Å². The van der Waals surface area contributed by atoms with E-state index < -0.39 is 5.97 Å². The van der Waals surface area contributed by atoms with Gasteiger partial charge in [-0.1, -0.05) is 0 Å². The zero-order valence-corrected chi connectivity index (χ0v) is 18.5. The summed E-state index contributed by atoms with van der Waals surface area (Å²) in [6.45, 7) is 5.67. The number of hydrogen-bond donors (Lipinski definition) is 1. The third-order valence-corrected chi connectivity index (χ3v) is 5.55. The fraction of sp³-hybridized carbons (Fsp3) is 0.391. The lowest BCUT2D eigenvalue weighted by Crippen LogP contribution is -2.48. The zero-order valence-electron chi connectivity index (χ0n) is 18.5. The SMILES string of the molecule is CCOc1cccn2c(C(=O)N[C@H]3CCCN(c4cc(C(=O)OC)ccn4)C3)c(C)nc12. The van der Waals surface area contributed by atoms with Gasteiger partial charge in [-0.3, -0.25) is 9.20 Å². The average Bonchev–Trinajstić information content (AvgIpc) is 3.16. The van der Waals surface area contributed by atoms with E-state index in [1.54, 1.807) is 22.7 Å². The number of carbonyl (C=O) groups excluding carboxylic acids is 2. The van der Waals surface area contributed by atoms with Gasteiger partial charge in [0.05, 0.1) is 25.0 Å². The van der Waals surface area contributed by atoms with Crippen molar-refractivity contribution >= 4 is 23.3 Å². The predicted molar refractivity (Wildman–Crippen MR) is 119 cm³/mol. The second kappa shape index (κ2) is 9.25. The highest BCUT2D eigenvalue weighted by Gasteiger charge is 2.26. The summed E-state index contributed by atoms with van der Waals surface area (Å²) < 4.78 is 12.2. The van der Waals surface area contributed by atoms with Crippen LogP contribution in [0.25, 0.3) is 5.65 Å². The first-order valence-electron chi connectivity index (χ1n) is 10.7. The van der Waals surface area contributed by atoms with Crippen molar-refractivity contribution in [1.29, 1.82) is 0 Å². The van der Waals surface area contributed by atoms with Crippen LogP contribution in [0.15, 0.2) is 36.7 Å². The van der Waals surface area contributed by atoms with Crippen LogP contribution < -0.4 is 15.0 Å². The van der Waals surface area contributed by atoms with Gasteiger partial charge in [-0.15, -0.1) is 0 Å². The number of pyridine rings is 2. The van der Waals surface area contributed by atoms with Crippen molar-refractivity contribution < 1.29 is 19.1 Å². The number of nitrogens with one attached hydrogen (secondary N) is 1. The van der Waals surface area contributed by atoms with Gasteiger partial charge in [0.15, 0.2) is 11.4 Å². The van der Waals surface area contributed by atoms with E-state index in [4.69, 9.17) is 9.47 Å². The molecule has 32 heavy (non-hydrogen) atoms. The molecule has 1 N–H and O–H groups in total. The van der Waals surface area contributed by atoms with Crippen LogP contribution in [-0.4, -0.2) is 59.1 Å². The fourth-order valence-electron chi connectivity index (χ4n) is 4.09. The first-order valence-corrected chi connectivity index (χ1v) is 10.7. The zero-order chi connectivity index (χ0) is 22.7. The third kappa shape index (κ3) is 4.23. The Hall–Kier alpha value is -3.62. The number of fused-ring (bicyclic) bond motifs is 1. The van der Waals surface area contributed by atoms with E-state index in [9.17, 15) is 9.59 Å². The molecular weight excluding hydrogens is 410 g/mol. The highest BCUT2D eigenvalue weighted by molar-refractivity contribution is 5.95. The van der Waals surface area contributed by atoms with Crippen molar-refractivity contribution in [2.24, 2.45) is 0 Å². The first kappa shape index (κ1) is 21.6. The third-order valence-electron chi connectivity index (χ3n) is 5.55. The van der Waals surface area contributed by atoms with E-state index >= 15 is 0 Å². The van der Waals surface area contributed by atoms with Gasteiger partial charge < -0.3 is 19.7 Å². The van der Waals surface area contributed by atoms with Crippen LogP contribution in [0.2, 0.25) is 0 Å². The van der Waals surface area contributed by atoms with Crippen molar-refractivity contribution in [2.45, 2.75) is 32.7 Å². The molecule has 1 fully saturated rings. The lowest BCUT2D eigenvalue weighted by Gasteiger charge is -2.34. The van der Waals surface area contributed by atoms with Gasteiger partial charge in [0.1, 0.15) is 11.5 Å². The van der Waals surface area contributed by atoms with E-state index in [1.807, 2.05) is 32.2 Å². The molecule has 0 bridgehead atoms. The molecule has 0 spiro atoms. The minimum absolute atomic E-state index is 0.0557. The monoisotopic (exact) mass is 437 g/mol. The van der Waals surface area contributed by atoms with Crippen LogP contribution in [-0.2, 0) is 4.74 Å². The number of rotatable bonds is 6. The summed E-state index contributed by atoms with van der Waals surface area (Å²) in [6.07, 6.45) is 5.18. The lowest BCUT2D eigenvalue weighted by atomic mass is 10.1. The van der Waals surface area contributed by atoms with E-state index in [2.05, 4.69) is 20.2 Å². The van der Waals surface area contributed by atoms with Gasteiger partial charge in [0.2, 0.25) is 0 Å². The number of aryl methyl sites for hydroxylation is 1. The Kier molecular flexibility index (Phi) is 6.25. The number of methoxy groups -OCH3 is 1. The Morgan fingerprint density at radius 3 is 2.94 bits per heavy atom. The molecule has 4 heterocycles. The van der Waals surface area contributed by atoms with Crippen molar-refractivity contribution in [3.05, 3.63) is 53.6 Å². The van der Waals surface area contributed by atoms with Crippen LogP contribution in [0.5, 0.6) is 5.75 Å². The summed E-state index contributed by atoms with van der Waals surface area (Å²) in [5.74, 6) is 0.772. The molecule has 1 saturated heterocycles. The summed E-state index contributed by atoms with van der Waals surface area (Å²) in [7, 11) is 1.36. The smallest absolute Gasteiger partial charge is 0.338 e. The normalized spacial score (nSPS) is 16.1. The number of carbonyl (C=O) groups is 2. The summed E-state index contributed by atoms with van der Waals surface area (Å²) in [5.41, 5.74) is 2.24. The molecule has 9 heteroatoms. The Labute approximate surface area is 186 Å². The number of amides is 1. The average molecular weight is 438 g/mol.